The van der Waals surface area contributed by atoms with E-state index in [2.05, 4.69) is 10.3 Å². The molecule has 0 aromatic carbocycles. The highest BCUT2D eigenvalue weighted by atomic mass is 16.5. The minimum absolute atomic E-state index is 0.0516. The third-order valence-electron chi connectivity index (χ3n) is 1.79. The van der Waals surface area contributed by atoms with Crippen LogP contribution < -0.4 is 10.1 Å². The molecule has 0 saturated heterocycles. The number of ether oxygens (including phenoxy) is 1. The van der Waals surface area contributed by atoms with Gasteiger partial charge in [0.1, 0.15) is 11.4 Å². The van der Waals surface area contributed by atoms with Gasteiger partial charge in [-0.1, -0.05) is 6.92 Å². The number of carbonyl (C=O) groups excluding carboxylic acids is 1. The van der Waals surface area contributed by atoms with E-state index in [-0.39, 0.29) is 5.78 Å². The van der Waals surface area contributed by atoms with Gasteiger partial charge in [-0.3, -0.25) is 4.79 Å². The maximum absolute atomic E-state index is 11.6. The molecule has 1 aromatic heterocycles. The van der Waals surface area contributed by atoms with Crippen molar-refractivity contribution in [3.63, 3.8) is 0 Å². The molecule has 0 fully saturated rings. The standard InChI is InChI=1S/C10H14N2O2/c1-3-11-7-8(13)10-9(14-2)5-4-6-12-10/h4-6,11H,3,7H2,1-2H3. The fraction of sp³-hybridized carbons (Fsp3) is 0.400. The van der Waals surface area contributed by atoms with Gasteiger partial charge in [0.05, 0.1) is 13.7 Å². The van der Waals surface area contributed by atoms with Gasteiger partial charge in [-0.15, -0.1) is 0 Å². The van der Waals surface area contributed by atoms with E-state index in [4.69, 9.17) is 4.74 Å². The van der Waals surface area contributed by atoms with Gasteiger partial charge in [0.15, 0.2) is 5.78 Å². The topological polar surface area (TPSA) is 51.2 Å². The lowest BCUT2D eigenvalue weighted by Gasteiger charge is -2.05. The van der Waals surface area contributed by atoms with Gasteiger partial charge in [-0.05, 0) is 18.7 Å². The van der Waals surface area contributed by atoms with Gasteiger partial charge in [0.2, 0.25) is 0 Å². The summed E-state index contributed by atoms with van der Waals surface area (Å²) in [6, 6.07) is 3.47. The van der Waals surface area contributed by atoms with Gasteiger partial charge < -0.3 is 10.1 Å². The van der Waals surface area contributed by atoms with Crippen LogP contribution >= 0.6 is 0 Å². The summed E-state index contributed by atoms with van der Waals surface area (Å²) in [5.74, 6) is 0.472. The number of hydrogen-bond acceptors (Lipinski definition) is 4. The van der Waals surface area contributed by atoms with E-state index >= 15 is 0 Å². The van der Waals surface area contributed by atoms with E-state index in [1.54, 1.807) is 18.3 Å². The van der Waals surface area contributed by atoms with E-state index in [1.165, 1.54) is 7.11 Å². The number of rotatable bonds is 5. The first-order chi connectivity index (χ1) is 6.79. The van der Waals surface area contributed by atoms with Crippen molar-refractivity contribution in [3.05, 3.63) is 24.0 Å². The molecular weight excluding hydrogens is 180 g/mol. The Hall–Kier alpha value is -1.42. The molecule has 0 saturated carbocycles. The Bertz CT molecular complexity index is 313. The molecule has 1 N–H and O–H groups in total. The predicted octanol–water partition coefficient (Wildman–Crippen LogP) is 0.882. The number of aromatic nitrogens is 1. The SMILES string of the molecule is CCNCC(=O)c1ncccc1OC. The van der Waals surface area contributed by atoms with Crippen molar-refractivity contribution in [2.24, 2.45) is 0 Å². The third-order valence-corrected chi connectivity index (χ3v) is 1.79. The highest BCUT2D eigenvalue weighted by Crippen LogP contribution is 2.14. The lowest BCUT2D eigenvalue weighted by Crippen LogP contribution is -2.23. The minimum Gasteiger partial charge on any atom is -0.494 e. The van der Waals surface area contributed by atoms with Crippen molar-refractivity contribution >= 4 is 5.78 Å². The van der Waals surface area contributed by atoms with Crippen molar-refractivity contribution in [1.29, 1.82) is 0 Å². The summed E-state index contributed by atoms with van der Waals surface area (Å²) in [7, 11) is 1.53. The molecule has 14 heavy (non-hydrogen) atoms. The lowest BCUT2D eigenvalue weighted by atomic mass is 10.2. The van der Waals surface area contributed by atoms with Crippen LogP contribution in [0.4, 0.5) is 0 Å². The monoisotopic (exact) mass is 194 g/mol. The third kappa shape index (κ3) is 2.53. The quantitative estimate of drug-likeness (QED) is 0.707. The summed E-state index contributed by atoms with van der Waals surface area (Å²) in [6.07, 6.45) is 1.59. The Labute approximate surface area is 83.3 Å². The lowest BCUT2D eigenvalue weighted by molar-refractivity contribution is 0.0984. The van der Waals surface area contributed by atoms with E-state index in [1.807, 2.05) is 6.92 Å². The number of carbonyl (C=O) groups is 1. The van der Waals surface area contributed by atoms with Crippen LogP contribution in [0.2, 0.25) is 0 Å². The summed E-state index contributed by atoms with van der Waals surface area (Å²) < 4.78 is 5.04. The highest BCUT2D eigenvalue weighted by molar-refractivity contribution is 5.98. The number of nitrogens with one attached hydrogen (secondary N) is 1. The van der Waals surface area contributed by atoms with Crippen LogP contribution in [-0.2, 0) is 0 Å². The maximum atomic E-state index is 11.6. The fourth-order valence-electron chi connectivity index (χ4n) is 1.09. The zero-order chi connectivity index (χ0) is 10.4. The number of likely N-dealkylation sites (N-methyl/N-ethyl adjacent to an activating group) is 1. The largest absolute Gasteiger partial charge is 0.494 e. The normalized spacial score (nSPS) is 9.86. The van der Waals surface area contributed by atoms with Crippen molar-refractivity contribution in [2.45, 2.75) is 6.92 Å². The molecule has 0 aliphatic heterocycles. The van der Waals surface area contributed by atoms with Crippen LogP contribution in [0.5, 0.6) is 5.75 Å². The molecule has 0 bridgehead atoms. The van der Waals surface area contributed by atoms with E-state index < -0.39 is 0 Å². The maximum Gasteiger partial charge on any atom is 0.198 e. The van der Waals surface area contributed by atoms with Crippen LogP contribution in [-0.4, -0.2) is 31.0 Å². The highest BCUT2D eigenvalue weighted by Gasteiger charge is 2.11. The van der Waals surface area contributed by atoms with E-state index in [0.717, 1.165) is 6.54 Å². The molecule has 76 valence electrons. The smallest absolute Gasteiger partial charge is 0.198 e. The van der Waals surface area contributed by atoms with Crippen LogP contribution in [0.1, 0.15) is 17.4 Å². The van der Waals surface area contributed by atoms with Crippen molar-refractivity contribution < 1.29 is 9.53 Å². The molecule has 0 atom stereocenters. The van der Waals surface area contributed by atoms with Gasteiger partial charge in [0, 0.05) is 6.20 Å². The minimum atomic E-state index is -0.0516. The molecule has 4 heteroatoms. The number of ketones is 1. The van der Waals surface area contributed by atoms with Crippen LogP contribution in [0.3, 0.4) is 0 Å². The molecule has 1 heterocycles. The zero-order valence-electron chi connectivity index (χ0n) is 8.41. The number of nitrogens with zero attached hydrogens (tertiary/aromatic N) is 1. The molecule has 4 nitrogen and oxygen atoms in total. The van der Waals surface area contributed by atoms with Crippen LogP contribution in [0, 0.1) is 0 Å². The number of methoxy groups -OCH3 is 1. The second kappa shape index (κ2) is 5.34. The average molecular weight is 194 g/mol. The number of pyridine rings is 1. The fourth-order valence-corrected chi connectivity index (χ4v) is 1.09. The first-order valence-electron chi connectivity index (χ1n) is 4.52. The summed E-state index contributed by atoms with van der Waals surface area (Å²) in [6.45, 7) is 3.01. The van der Waals surface area contributed by atoms with E-state index in [0.29, 0.717) is 18.0 Å². The summed E-state index contributed by atoms with van der Waals surface area (Å²) in [4.78, 5) is 15.6. The van der Waals surface area contributed by atoms with Crippen LogP contribution in [0.15, 0.2) is 18.3 Å². The zero-order valence-corrected chi connectivity index (χ0v) is 8.41. The second-order valence-electron chi connectivity index (χ2n) is 2.76. The molecule has 0 spiro atoms. The Kier molecular flexibility index (Phi) is 4.07. The second-order valence-corrected chi connectivity index (χ2v) is 2.76. The Morgan fingerprint density at radius 2 is 2.43 bits per heavy atom. The first kappa shape index (κ1) is 10.7. The summed E-state index contributed by atoms with van der Waals surface area (Å²) in [5.41, 5.74) is 0.385. The molecular formula is C10H14N2O2. The molecule has 0 aliphatic carbocycles. The van der Waals surface area contributed by atoms with Gasteiger partial charge >= 0.3 is 0 Å². The molecule has 1 rings (SSSR count). The Morgan fingerprint density at radius 1 is 1.64 bits per heavy atom. The Balaban J connectivity index is 2.78. The van der Waals surface area contributed by atoms with Gasteiger partial charge in [0.25, 0.3) is 0 Å². The number of Topliss-reactive ketones (excluding diaryl/α,β-unsaturated/α-hetero) is 1. The molecule has 0 radical (unpaired) electrons. The van der Waals surface area contributed by atoms with Crippen molar-refractivity contribution in [2.75, 3.05) is 20.2 Å². The first-order valence-corrected chi connectivity index (χ1v) is 4.52. The molecule has 1 aromatic rings. The molecule has 0 unspecified atom stereocenters. The van der Waals surface area contributed by atoms with Crippen LogP contribution in [0.25, 0.3) is 0 Å². The van der Waals surface area contributed by atoms with Gasteiger partial charge in [-0.25, -0.2) is 4.98 Å². The van der Waals surface area contributed by atoms with E-state index in [9.17, 15) is 4.79 Å². The Morgan fingerprint density at radius 3 is 3.07 bits per heavy atom. The molecule has 0 aliphatic rings. The van der Waals surface area contributed by atoms with Crippen molar-refractivity contribution in [1.82, 2.24) is 10.3 Å². The predicted molar refractivity (Wildman–Crippen MR) is 53.7 cm³/mol. The van der Waals surface area contributed by atoms with Crippen molar-refractivity contribution in [3.8, 4) is 5.75 Å². The summed E-state index contributed by atoms with van der Waals surface area (Å²) in [5, 5.41) is 2.95. The summed E-state index contributed by atoms with van der Waals surface area (Å²) >= 11 is 0. The number of hydrogen-bond donors (Lipinski definition) is 1. The van der Waals surface area contributed by atoms with Gasteiger partial charge in [-0.2, -0.15) is 0 Å². The average Bonchev–Trinajstić information content (AvgIpc) is 2.25. The molecule has 0 amide bonds.